The van der Waals surface area contributed by atoms with Crippen LogP contribution in [0, 0.1) is 0 Å². The van der Waals surface area contributed by atoms with Crippen LogP contribution in [0.15, 0.2) is 24.3 Å². The minimum Gasteiger partial charge on any atom is -0.492 e. The van der Waals surface area contributed by atoms with E-state index in [0.717, 1.165) is 6.42 Å². The summed E-state index contributed by atoms with van der Waals surface area (Å²) < 4.78 is 5.53. The largest absolute Gasteiger partial charge is 0.492 e. The van der Waals surface area contributed by atoms with Crippen molar-refractivity contribution >= 4 is 29.3 Å². The Morgan fingerprint density at radius 2 is 2.27 bits per heavy atom. The maximum Gasteiger partial charge on any atom is 0.248 e. The molecule has 0 aromatic heterocycles. The number of carbonyl (C=O) groups is 2. The molecule has 1 aromatic rings. The van der Waals surface area contributed by atoms with E-state index in [9.17, 15) is 9.59 Å². The van der Waals surface area contributed by atoms with Crippen LogP contribution in [0.5, 0.6) is 5.75 Å². The fourth-order valence-corrected chi connectivity index (χ4v) is 4.51. The van der Waals surface area contributed by atoms with Gasteiger partial charge in [0, 0.05) is 12.2 Å². The lowest BCUT2D eigenvalue weighted by atomic mass is 10.2. The third kappa shape index (κ3) is 2.56. The summed E-state index contributed by atoms with van der Waals surface area (Å²) in [6.45, 7) is 4.49. The summed E-state index contributed by atoms with van der Waals surface area (Å²) in [6, 6.07) is 6.96. The molecular formula is C16H20N2O3S. The topological polar surface area (TPSA) is 58.6 Å². The smallest absolute Gasteiger partial charge is 0.248 e. The van der Waals surface area contributed by atoms with E-state index in [1.807, 2.05) is 38.1 Å². The van der Waals surface area contributed by atoms with Gasteiger partial charge in [0.1, 0.15) is 11.8 Å². The van der Waals surface area contributed by atoms with Crippen molar-refractivity contribution in [1.82, 2.24) is 4.90 Å². The lowest BCUT2D eigenvalue weighted by Crippen LogP contribution is -2.48. The van der Waals surface area contributed by atoms with Crippen LogP contribution in [0.3, 0.4) is 0 Å². The van der Waals surface area contributed by atoms with Crippen LogP contribution in [0.2, 0.25) is 0 Å². The SMILES string of the molecule is CCOc1ccccc1NC(=O)[C@@H]1CS[C@@]2(C)CCC(=O)N12. The molecule has 2 aliphatic heterocycles. The lowest BCUT2D eigenvalue weighted by molar-refractivity contribution is -0.135. The van der Waals surface area contributed by atoms with Gasteiger partial charge in [-0.3, -0.25) is 9.59 Å². The number of amides is 2. The minimum absolute atomic E-state index is 0.0748. The Morgan fingerprint density at radius 1 is 1.50 bits per heavy atom. The van der Waals surface area contributed by atoms with E-state index in [1.165, 1.54) is 0 Å². The van der Waals surface area contributed by atoms with Crippen LogP contribution in [-0.4, -0.2) is 40.0 Å². The quantitative estimate of drug-likeness (QED) is 0.926. The Labute approximate surface area is 134 Å². The molecule has 0 spiro atoms. The predicted octanol–water partition coefficient (Wildman–Crippen LogP) is 2.48. The van der Waals surface area contributed by atoms with Crippen LogP contribution in [0.1, 0.15) is 26.7 Å². The first kappa shape index (κ1) is 15.2. The molecule has 0 unspecified atom stereocenters. The van der Waals surface area contributed by atoms with Gasteiger partial charge in [-0.05, 0) is 32.4 Å². The maximum atomic E-state index is 12.6. The zero-order chi connectivity index (χ0) is 15.7. The first-order valence-corrected chi connectivity index (χ1v) is 8.52. The molecular weight excluding hydrogens is 300 g/mol. The van der Waals surface area contributed by atoms with Gasteiger partial charge in [0.15, 0.2) is 0 Å². The number of thioether (sulfide) groups is 1. The second-order valence-electron chi connectivity index (χ2n) is 5.68. The maximum absolute atomic E-state index is 12.6. The van der Waals surface area contributed by atoms with Gasteiger partial charge in [-0.25, -0.2) is 0 Å². The van der Waals surface area contributed by atoms with Crippen LogP contribution in [-0.2, 0) is 9.59 Å². The number of nitrogens with one attached hydrogen (secondary N) is 1. The number of carbonyl (C=O) groups excluding carboxylic acids is 2. The summed E-state index contributed by atoms with van der Waals surface area (Å²) >= 11 is 1.69. The average Bonchev–Trinajstić information content (AvgIpc) is 2.98. The van der Waals surface area contributed by atoms with E-state index >= 15 is 0 Å². The molecule has 0 radical (unpaired) electrons. The Balaban J connectivity index is 1.77. The zero-order valence-corrected chi connectivity index (χ0v) is 13.6. The van der Waals surface area contributed by atoms with Gasteiger partial charge >= 0.3 is 0 Å². The Bertz CT molecular complexity index is 607. The number of nitrogens with zero attached hydrogens (tertiary/aromatic N) is 1. The molecule has 0 saturated carbocycles. The van der Waals surface area contributed by atoms with Crippen molar-refractivity contribution < 1.29 is 14.3 Å². The molecule has 2 fully saturated rings. The molecule has 6 heteroatoms. The number of anilines is 1. The molecule has 2 saturated heterocycles. The highest BCUT2D eigenvalue weighted by atomic mass is 32.2. The number of ether oxygens (including phenoxy) is 1. The van der Waals surface area contributed by atoms with Crippen LogP contribution in [0.25, 0.3) is 0 Å². The highest BCUT2D eigenvalue weighted by molar-refractivity contribution is 8.01. The third-order valence-electron chi connectivity index (χ3n) is 4.19. The van der Waals surface area contributed by atoms with Crippen molar-refractivity contribution in [2.75, 3.05) is 17.7 Å². The first-order valence-electron chi connectivity index (χ1n) is 7.54. The molecule has 1 aromatic carbocycles. The number of benzene rings is 1. The summed E-state index contributed by atoms with van der Waals surface area (Å²) in [6.07, 6.45) is 1.35. The molecule has 118 valence electrons. The van der Waals surface area contributed by atoms with E-state index in [2.05, 4.69) is 5.32 Å². The van der Waals surface area contributed by atoms with Crippen LogP contribution in [0.4, 0.5) is 5.69 Å². The number of rotatable bonds is 4. The van der Waals surface area contributed by atoms with E-state index in [-0.39, 0.29) is 16.7 Å². The normalized spacial score (nSPS) is 26.9. The monoisotopic (exact) mass is 320 g/mol. The number of hydrogen-bond donors (Lipinski definition) is 1. The molecule has 5 nitrogen and oxygen atoms in total. The van der Waals surface area contributed by atoms with E-state index in [4.69, 9.17) is 4.74 Å². The summed E-state index contributed by atoms with van der Waals surface area (Å²) in [5, 5.41) is 2.92. The predicted molar refractivity (Wildman–Crippen MR) is 87.0 cm³/mol. The second kappa shape index (κ2) is 5.83. The summed E-state index contributed by atoms with van der Waals surface area (Å²) in [7, 11) is 0. The van der Waals surface area contributed by atoms with Gasteiger partial charge < -0.3 is 15.0 Å². The zero-order valence-electron chi connectivity index (χ0n) is 12.8. The van der Waals surface area contributed by atoms with Crippen molar-refractivity contribution in [3.63, 3.8) is 0 Å². The van der Waals surface area contributed by atoms with E-state index < -0.39 is 6.04 Å². The summed E-state index contributed by atoms with van der Waals surface area (Å²) in [5.41, 5.74) is 0.652. The standard InChI is InChI=1S/C16H20N2O3S/c1-3-21-13-7-5-4-6-11(13)17-15(20)12-10-22-16(2)9-8-14(19)18(12)16/h4-7,12H,3,8-10H2,1-2H3,(H,17,20)/t12-,16-/m0/s1. The summed E-state index contributed by atoms with van der Waals surface area (Å²) in [4.78, 5) is 26.3. The van der Waals surface area contributed by atoms with Gasteiger partial charge in [-0.1, -0.05) is 12.1 Å². The van der Waals surface area contributed by atoms with Gasteiger partial charge in [-0.15, -0.1) is 11.8 Å². The molecule has 22 heavy (non-hydrogen) atoms. The molecule has 2 atom stereocenters. The molecule has 3 rings (SSSR count). The Morgan fingerprint density at radius 3 is 3.05 bits per heavy atom. The number of fused-ring (bicyclic) bond motifs is 1. The minimum atomic E-state index is -0.403. The Hall–Kier alpha value is -1.69. The van der Waals surface area contributed by atoms with E-state index in [1.54, 1.807) is 16.7 Å². The van der Waals surface area contributed by atoms with Gasteiger partial charge in [0.25, 0.3) is 0 Å². The van der Waals surface area contributed by atoms with Crippen molar-refractivity contribution in [2.45, 2.75) is 37.6 Å². The highest BCUT2D eigenvalue weighted by Crippen LogP contribution is 2.47. The fraction of sp³-hybridized carbons (Fsp3) is 0.500. The van der Waals surface area contributed by atoms with Crippen molar-refractivity contribution in [3.8, 4) is 5.75 Å². The number of hydrogen-bond acceptors (Lipinski definition) is 4. The van der Waals surface area contributed by atoms with Gasteiger partial charge in [-0.2, -0.15) is 0 Å². The number of para-hydroxylation sites is 2. The fourth-order valence-electron chi connectivity index (χ4n) is 3.08. The van der Waals surface area contributed by atoms with Crippen molar-refractivity contribution in [3.05, 3.63) is 24.3 Å². The molecule has 2 aliphatic rings. The van der Waals surface area contributed by atoms with Crippen LogP contribution >= 0.6 is 11.8 Å². The molecule has 2 heterocycles. The van der Waals surface area contributed by atoms with Crippen molar-refractivity contribution in [2.24, 2.45) is 0 Å². The molecule has 0 aliphatic carbocycles. The second-order valence-corrected chi connectivity index (χ2v) is 7.19. The molecule has 2 amide bonds. The van der Waals surface area contributed by atoms with Crippen LogP contribution < -0.4 is 10.1 Å². The average molecular weight is 320 g/mol. The summed E-state index contributed by atoms with van der Waals surface area (Å²) in [5.74, 6) is 1.23. The van der Waals surface area contributed by atoms with Crippen molar-refractivity contribution in [1.29, 1.82) is 0 Å². The lowest BCUT2D eigenvalue weighted by Gasteiger charge is -2.30. The third-order valence-corrected chi connectivity index (χ3v) is 5.70. The first-order chi connectivity index (χ1) is 10.5. The van der Waals surface area contributed by atoms with E-state index in [0.29, 0.717) is 30.2 Å². The van der Waals surface area contributed by atoms with Gasteiger partial charge in [0.2, 0.25) is 11.8 Å². The molecule has 1 N–H and O–H groups in total. The highest BCUT2D eigenvalue weighted by Gasteiger charge is 2.52. The Kier molecular flexibility index (Phi) is 4.04. The van der Waals surface area contributed by atoms with Gasteiger partial charge in [0.05, 0.1) is 17.2 Å². The molecule has 0 bridgehead atoms.